The molecule has 0 radical (unpaired) electrons. The fraction of sp³-hybridized carbons (Fsp3) is 0.545. The zero-order valence-corrected chi connectivity index (χ0v) is 10.8. The summed E-state index contributed by atoms with van der Waals surface area (Å²) in [5.41, 5.74) is 5.81. The summed E-state index contributed by atoms with van der Waals surface area (Å²) in [5.74, 6) is -0.986. The van der Waals surface area contributed by atoms with Gasteiger partial charge in [0.1, 0.15) is 10.7 Å². The summed E-state index contributed by atoms with van der Waals surface area (Å²) in [6.45, 7) is 0.876. The average molecular weight is 271 g/mol. The Bertz CT molecular complexity index is 406. The van der Waals surface area contributed by atoms with Crippen LogP contribution in [-0.2, 0) is 11.3 Å². The van der Waals surface area contributed by atoms with E-state index in [1.165, 1.54) is 11.3 Å². The summed E-state index contributed by atoms with van der Waals surface area (Å²) in [6, 6.07) is 0. The molecule has 0 spiro atoms. The van der Waals surface area contributed by atoms with Gasteiger partial charge in [-0.15, -0.1) is 11.3 Å². The van der Waals surface area contributed by atoms with Crippen molar-refractivity contribution in [3.63, 3.8) is 0 Å². The highest BCUT2D eigenvalue weighted by molar-refractivity contribution is 7.09. The molecule has 0 saturated heterocycles. The van der Waals surface area contributed by atoms with Gasteiger partial charge in [-0.05, 0) is 12.8 Å². The fourth-order valence-electron chi connectivity index (χ4n) is 1.38. The van der Waals surface area contributed by atoms with Crippen molar-refractivity contribution in [1.82, 2.24) is 10.3 Å². The number of thiazole rings is 1. The molecule has 1 heterocycles. The SMILES string of the molecule is NCc1nc(C(=O)NCCCCCC(=O)O)cs1. The molecule has 0 aliphatic heterocycles. The molecule has 0 bridgehead atoms. The van der Waals surface area contributed by atoms with Crippen LogP contribution >= 0.6 is 11.3 Å². The van der Waals surface area contributed by atoms with Crippen molar-refractivity contribution in [2.45, 2.75) is 32.2 Å². The minimum Gasteiger partial charge on any atom is -0.481 e. The molecule has 0 aliphatic carbocycles. The van der Waals surface area contributed by atoms with E-state index >= 15 is 0 Å². The van der Waals surface area contributed by atoms with Crippen LogP contribution in [0, 0.1) is 0 Å². The third-order valence-electron chi connectivity index (χ3n) is 2.31. The Morgan fingerprint density at radius 3 is 2.78 bits per heavy atom. The molecule has 4 N–H and O–H groups in total. The maximum Gasteiger partial charge on any atom is 0.303 e. The molecule has 100 valence electrons. The number of unbranched alkanes of at least 4 members (excludes halogenated alkanes) is 2. The summed E-state index contributed by atoms with van der Waals surface area (Å²) in [7, 11) is 0. The van der Waals surface area contributed by atoms with E-state index in [0.717, 1.165) is 17.8 Å². The lowest BCUT2D eigenvalue weighted by molar-refractivity contribution is -0.137. The monoisotopic (exact) mass is 271 g/mol. The molecule has 0 saturated carbocycles. The van der Waals surface area contributed by atoms with Crippen LogP contribution in [0.15, 0.2) is 5.38 Å². The first-order valence-electron chi connectivity index (χ1n) is 5.78. The molecule has 0 unspecified atom stereocenters. The van der Waals surface area contributed by atoms with Crippen molar-refractivity contribution in [1.29, 1.82) is 0 Å². The topological polar surface area (TPSA) is 105 Å². The maximum atomic E-state index is 11.6. The van der Waals surface area contributed by atoms with Crippen LogP contribution in [0.4, 0.5) is 0 Å². The van der Waals surface area contributed by atoms with Crippen molar-refractivity contribution in [2.75, 3.05) is 6.54 Å². The minimum absolute atomic E-state index is 0.180. The third-order valence-corrected chi connectivity index (χ3v) is 3.18. The summed E-state index contributed by atoms with van der Waals surface area (Å²) >= 11 is 1.37. The van der Waals surface area contributed by atoms with Gasteiger partial charge >= 0.3 is 5.97 Å². The van der Waals surface area contributed by atoms with E-state index in [1.807, 2.05) is 0 Å². The molecular weight excluding hydrogens is 254 g/mol. The number of nitrogens with zero attached hydrogens (tertiary/aromatic N) is 1. The first-order valence-corrected chi connectivity index (χ1v) is 6.66. The second-order valence-electron chi connectivity index (χ2n) is 3.79. The second kappa shape index (κ2) is 7.78. The molecule has 1 amide bonds. The predicted molar refractivity (Wildman–Crippen MR) is 68.4 cm³/mol. The van der Waals surface area contributed by atoms with Gasteiger partial charge in [0.2, 0.25) is 0 Å². The van der Waals surface area contributed by atoms with Crippen LogP contribution in [0.5, 0.6) is 0 Å². The number of carbonyl (C=O) groups is 2. The molecule has 18 heavy (non-hydrogen) atoms. The molecule has 1 aromatic heterocycles. The molecule has 1 aromatic rings. The fourth-order valence-corrected chi connectivity index (χ4v) is 2.03. The lowest BCUT2D eigenvalue weighted by atomic mass is 10.2. The Kier molecular flexibility index (Phi) is 6.31. The van der Waals surface area contributed by atoms with Crippen molar-refractivity contribution in [3.8, 4) is 0 Å². The molecule has 0 fully saturated rings. The van der Waals surface area contributed by atoms with E-state index in [0.29, 0.717) is 25.2 Å². The van der Waals surface area contributed by atoms with Crippen LogP contribution in [0.25, 0.3) is 0 Å². The Morgan fingerprint density at radius 1 is 1.39 bits per heavy atom. The van der Waals surface area contributed by atoms with E-state index in [9.17, 15) is 9.59 Å². The number of aliphatic carboxylic acids is 1. The lowest BCUT2D eigenvalue weighted by Gasteiger charge is -2.02. The molecule has 0 atom stereocenters. The highest BCUT2D eigenvalue weighted by Gasteiger charge is 2.09. The van der Waals surface area contributed by atoms with Crippen molar-refractivity contribution in [2.24, 2.45) is 5.73 Å². The second-order valence-corrected chi connectivity index (χ2v) is 4.73. The highest BCUT2D eigenvalue weighted by Crippen LogP contribution is 2.08. The van der Waals surface area contributed by atoms with Gasteiger partial charge in [-0.2, -0.15) is 0 Å². The quantitative estimate of drug-likeness (QED) is 0.611. The van der Waals surface area contributed by atoms with Crippen molar-refractivity contribution >= 4 is 23.2 Å². The summed E-state index contributed by atoms with van der Waals surface area (Å²) in [6.07, 6.45) is 2.38. The first-order chi connectivity index (χ1) is 8.63. The Labute approximate surface area is 109 Å². The number of nitrogens with two attached hydrogens (primary N) is 1. The Morgan fingerprint density at radius 2 is 2.17 bits per heavy atom. The predicted octanol–water partition coefficient (Wildman–Crippen LogP) is 0.977. The number of amides is 1. The number of rotatable bonds is 8. The molecular formula is C11H17N3O3S. The van der Waals surface area contributed by atoms with Gasteiger partial charge in [0.25, 0.3) is 5.91 Å². The van der Waals surface area contributed by atoms with Crippen molar-refractivity contribution < 1.29 is 14.7 Å². The van der Waals surface area contributed by atoms with E-state index in [2.05, 4.69) is 10.3 Å². The summed E-state index contributed by atoms with van der Waals surface area (Å²) in [5, 5.41) is 13.6. The number of hydrogen-bond acceptors (Lipinski definition) is 5. The zero-order valence-electron chi connectivity index (χ0n) is 10.0. The van der Waals surface area contributed by atoms with Gasteiger partial charge in [-0.25, -0.2) is 4.98 Å². The van der Waals surface area contributed by atoms with Crippen LogP contribution < -0.4 is 11.1 Å². The molecule has 7 heteroatoms. The Hall–Kier alpha value is -1.47. The molecule has 0 aromatic carbocycles. The number of carboxylic acid groups (broad SMARTS) is 1. The number of carboxylic acids is 1. The highest BCUT2D eigenvalue weighted by atomic mass is 32.1. The van der Waals surface area contributed by atoms with Crippen LogP contribution in [-0.4, -0.2) is 28.5 Å². The smallest absolute Gasteiger partial charge is 0.303 e. The van der Waals surface area contributed by atoms with Crippen LogP contribution in [0.3, 0.4) is 0 Å². The molecule has 1 rings (SSSR count). The molecule has 6 nitrogen and oxygen atoms in total. The van der Waals surface area contributed by atoms with Gasteiger partial charge in [-0.3, -0.25) is 9.59 Å². The van der Waals surface area contributed by atoms with Gasteiger partial charge in [0.15, 0.2) is 0 Å². The van der Waals surface area contributed by atoms with E-state index in [-0.39, 0.29) is 12.3 Å². The van der Waals surface area contributed by atoms with Crippen LogP contribution in [0.2, 0.25) is 0 Å². The maximum absolute atomic E-state index is 11.6. The lowest BCUT2D eigenvalue weighted by Crippen LogP contribution is -2.24. The number of nitrogens with one attached hydrogen (secondary N) is 1. The summed E-state index contributed by atoms with van der Waals surface area (Å²) in [4.78, 5) is 26.0. The Balaban J connectivity index is 2.15. The number of aromatic nitrogens is 1. The molecule has 0 aliphatic rings. The van der Waals surface area contributed by atoms with Gasteiger partial charge < -0.3 is 16.2 Å². The largest absolute Gasteiger partial charge is 0.481 e. The van der Waals surface area contributed by atoms with Crippen molar-refractivity contribution in [3.05, 3.63) is 16.1 Å². The van der Waals surface area contributed by atoms with Gasteiger partial charge in [0, 0.05) is 24.9 Å². The van der Waals surface area contributed by atoms with E-state index < -0.39 is 5.97 Å². The van der Waals surface area contributed by atoms with Crippen LogP contribution in [0.1, 0.15) is 41.2 Å². The van der Waals surface area contributed by atoms with Gasteiger partial charge in [0.05, 0.1) is 0 Å². The first kappa shape index (κ1) is 14.6. The number of hydrogen-bond donors (Lipinski definition) is 3. The number of carbonyl (C=O) groups excluding carboxylic acids is 1. The average Bonchev–Trinajstić information content (AvgIpc) is 2.81. The third kappa shape index (κ3) is 5.24. The van der Waals surface area contributed by atoms with Gasteiger partial charge in [-0.1, -0.05) is 6.42 Å². The van der Waals surface area contributed by atoms with E-state index in [1.54, 1.807) is 5.38 Å². The minimum atomic E-state index is -0.782. The van der Waals surface area contributed by atoms with E-state index in [4.69, 9.17) is 10.8 Å². The summed E-state index contributed by atoms with van der Waals surface area (Å²) < 4.78 is 0. The standard InChI is InChI=1S/C11H17N3O3S/c12-6-9-14-8(7-18-9)11(17)13-5-3-1-2-4-10(15)16/h7H,1-6,12H2,(H,13,17)(H,15,16). The zero-order chi connectivity index (χ0) is 13.4. The normalized spacial score (nSPS) is 10.3.